The highest BCUT2D eigenvalue weighted by Crippen LogP contribution is 2.04. The van der Waals surface area contributed by atoms with E-state index >= 15 is 0 Å². The number of carbonyl (C=O) groups is 1. The Labute approximate surface area is 65.2 Å². The van der Waals surface area contributed by atoms with Crippen LogP contribution in [0.25, 0.3) is 0 Å². The van der Waals surface area contributed by atoms with Crippen molar-refractivity contribution in [2.45, 2.75) is 19.4 Å². The molecule has 0 aliphatic rings. The first kappa shape index (κ1) is 8.01. The molecule has 0 fully saturated rings. The van der Waals surface area contributed by atoms with Gasteiger partial charge in [-0.05, 0) is 19.1 Å². The summed E-state index contributed by atoms with van der Waals surface area (Å²) in [7, 11) is 0. The summed E-state index contributed by atoms with van der Waals surface area (Å²) in [4.78, 5) is 11.1. The van der Waals surface area contributed by atoms with Gasteiger partial charge in [-0.15, -0.1) is 0 Å². The first-order valence-corrected chi connectivity index (χ1v) is 3.52. The lowest BCUT2D eigenvalue weighted by Crippen LogP contribution is -2.19. The van der Waals surface area contributed by atoms with Crippen molar-refractivity contribution in [1.29, 1.82) is 0 Å². The van der Waals surface area contributed by atoms with Gasteiger partial charge in [0.05, 0.1) is 6.26 Å². The molecule has 0 aliphatic carbocycles. The molecule has 3 nitrogen and oxygen atoms in total. The second kappa shape index (κ2) is 3.34. The minimum Gasteiger partial charge on any atom is -0.461 e. The largest absolute Gasteiger partial charge is 0.461 e. The topological polar surface area (TPSA) is 56.2 Å². The summed E-state index contributed by atoms with van der Waals surface area (Å²) in [5.74, 6) is 0.354. The minimum atomic E-state index is -0.104. The molecular formula is C8H11NO2. The van der Waals surface area contributed by atoms with Crippen molar-refractivity contribution in [2.24, 2.45) is 5.73 Å². The number of furan rings is 1. The Hall–Kier alpha value is -1.09. The minimum absolute atomic E-state index is 0.0370. The molecule has 1 aromatic heterocycles. The molecule has 1 aromatic rings. The van der Waals surface area contributed by atoms with Crippen molar-refractivity contribution < 1.29 is 9.21 Å². The van der Waals surface area contributed by atoms with E-state index in [1.165, 1.54) is 6.26 Å². The maximum Gasteiger partial charge on any atom is 0.199 e. The van der Waals surface area contributed by atoms with E-state index in [4.69, 9.17) is 10.2 Å². The average molecular weight is 153 g/mol. The second-order valence-corrected chi connectivity index (χ2v) is 2.58. The van der Waals surface area contributed by atoms with Crippen LogP contribution in [0.3, 0.4) is 0 Å². The number of carbonyl (C=O) groups excluding carboxylic acids is 1. The molecule has 0 aromatic carbocycles. The van der Waals surface area contributed by atoms with E-state index in [1.807, 2.05) is 0 Å². The standard InChI is InChI=1S/C8H11NO2/c1-6(9)5-7(10)8-3-2-4-11-8/h2-4,6H,5,9H2,1H3. The highest BCUT2D eigenvalue weighted by atomic mass is 16.3. The molecule has 1 unspecified atom stereocenters. The van der Waals surface area contributed by atoms with Crippen LogP contribution < -0.4 is 5.73 Å². The van der Waals surface area contributed by atoms with Gasteiger partial charge in [-0.3, -0.25) is 4.79 Å². The third-order valence-electron chi connectivity index (χ3n) is 1.30. The Kier molecular flexibility index (Phi) is 2.44. The molecule has 1 atom stereocenters. The van der Waals surface area contributed by atoms with Crippen molar-refractivity contribution in [3.8, 4) is 0 Å². The summed E-state index contributed by atoms with van der Waals surface area (Å²) in [6.07, 6.45) is 1.82. The first-order valence-electron chi connectivity index (χ1n) is 3.52. The predicted octanol–water partition coefficient (Wildman–Crippen LogP) is 1.20. The SMILES string of the molecule is CC(N)CC(=O)c1ccco1. The maximum absolute atomic E-state index is 11.1. The first-order chi connectivity index (χ1) is 5.20. The molecule has 0 bridgehead atoms. The summed E-state index contributed by atoms with van der Waals surface area (Å²) in [6.45, 7) is 1.79. The molecule has 1 rings (SSSR count). The van der Waals surface area contributed by atoms with E-state index in [9.17, 15) is 4.79 Å². The molecule has 3 heteroatoms. The molecule has 0 spiro atoms. The van der Waals surface area contributed by atoms with Crippen molar-refractivity contribution in [2.75, 3.05) is 0 Å². The number of ketones is 1. The second-order valence-electron chi connectivity index (χ2n) is 2.58. The van der Waals surface area contributed by atoms with Crippen molar-refractivity contribution in [1.82, 2.24) is 0 Å². The average Bonchev–Trinajstić information content (AvgIpc) is 2.35. The van der Waals surface area contributed by atoms with E-state index < -0.39 is 0 Å². The Bertz CT molecular complexity index is 226. The Morgan fingerprint density at radius 3 is 3.00 bits per heavy atom. The van der Waals surface area contributed by atoms with Crippen LogP contribution in [0.5, 0.6) is 0 Å². The van der Waals surface area contributed by atoms with Crippen LogP contribution in [0.4, 0.5) is 0 Å². The molecule has 0 saturated heterocycles. The van der Waals surface area contributed by atoms with Gasteiger partial charge in [-0.25, -0.2) is 0 Å². The van der Waals surface area contributed by atoms with E-state index in [1.54, 1.807) is 19.1 Å². The van der Waals surface area contributed by atoms with Crippen molar-refractivity contribution in [3.63, 3.8) is 0 Å². The third kappa shape index (κ3) is 2.20. The van der Waals surface area contributed by atoms with Gasteiger partial charge < -0.3 is 10.2 Å². The molecular weight excluding hydrogens is 142 g/mol. The van der Waals surface area contributed by atoms with Crippen molar-refractivity contribution in [3.05, 3.63) is 24.2 Å². The van der Waals surface area contributed by atoms with Crippen LogP contribution in [-0.4, -0.2) is 11.8 Å². The fourth-order valence-corrected chi connectivity index (χ4v) is 0.830. The van der Waals surface area contributed by atoms with Crippen LogP contribution in [0.1, 0.15) is 23.9 Å². The fraction of sp³-hybridized carbons (Fsp3) is 0.375. The Morgan fingerprint density at radius 2 is 2.55 bits per heavy atom. The fourth-order valence-electron chi connectivity index (χ4n) is 0.830. The molecule has 0 aliphatic heterocycles. The highest BCUT2D eigenvalue weighted by molar-refractivity contribution is 5.93. The summed E-state index contributed by atoms with van der Waals surface area (Å²) in [5, 5.41) is 0. The van der Waals surface area contributed by atoms with Gasteiger partial charge in [0.25, 0.3) is 0 Å². The summed E-state index contributed by atoms with van der Waals surface area (Å²) < 4.78 is 4.89. The van der Waals surface area contributed by atoms with Crippen LogP contribution in [0.2, 0.25) is 0 Å². The van der Waals surface area contributed by atoms with Crippen LogP contribution in [-0.2, 0) is 0 Å². The lowest BCUT2D eigenvalue weighted by Gasteiger charge is -1.99. The molecule has 11 heavy (non-hydrogen) atoms. The smallest absolute Gasteiger partial charge is 0.199 e. The predicted molar refractivity (Wildman–Crippen MR) is 41.3 cm³/mol. The van der Waals surface area contributed by atoms with E-state index in [-0.39, 0.29) is 11.8 Å². The number of Topliss-reactive ketones (excluding diaryl/α,β-unsaturated/α-hetero) is 1. The van der Waals surface area contributed by atoms with Gasteiger partial charge in [-0.1, -0.05) is 0 Å². The molecule has 0 radical (unpaired) electrons. The van der Waals surface area contributed by atoms with E-state index in [2.05, 4.69) is 0 Å². The quantitative estimate of drug-likeness (QED) is 0.664. The Balaban J connectivity index is 2.57. The summed E-state index contributed by atoms with van der Waals surface area (Å²) >= 11 is 0. The van der Waals surface area contributed by atoms with Gasteiger partial charge >= 0.3 is 0 Å². The van der Waals surface area contributed by atoms with Gasteiger partial charge in [0.2, 0.25) is 0 Å². The monoisotopic (exact) mass is 153 g/mol. The number of hydrogen-bond donors (Lipinski definition) is 1. The lowest BCUT2D eigenvalue weighted by molar-refractivity contribution is 0.0949. The van der Waals surface area contributed by atoms with Gasteiger partial charge in [0.1, 0.15) is 0 Å². The summed E-state index contributed by atoms with van der Waals surface area (Å²) in [5.41, 5.74) is 5.44. The molecule has 0 amide bonds. The number of nitrogens with two attached hydrogens (primary N) is 1. The zero-order valence-corrected chi connectivity index (χ0v) is 6.41. The molecule has 60 valence electrons. The van der Waals surface area contributed by atoms with Gasteiger partial charge in [0, 0.05) is 12.5 Å². The van der Waals surface area contributed by atoms with E-state index in [0.717, 1.165) is 0 Å². The normalized spacial score (nSPS) is 12.9. The molecule has 1 heterocycles. The number of rotatable bonds is 3. The van der Waals surface area contributed by atoms with Gasteiger partial charge in [-0.2, -0.15) is 0 Å². The van der Waals surface area contributed by atoms with Crippen molar-refractivity contribution >= 4 is 5.78 Å². The maximum atomic E-state index is 11.1. The van der Waals surface area contributed by atoms with Crippen LogP contribution in [0.15, 0.2) is 22.8 Å². The Morgan fingerprint density at radius 1 is 1.82 bits per heavy atom. The molecule has 0 saturated carbocycles. The third-order valence-corrected chi connectivity index (χ3v) is 1.30. The summed E-state index contributed by atoms with van der Waals surface area (Å²) in [6, 6.07) is 3.23. The van der Waals surface area contributed by atoms with E-state index in [0.29, 0.717) is 12.2 Å². The lowest BCUT2D eigenvalue weighted by atomic mass is 10.1. The number of hydrogen-bond acceptors (Lipinski definition) is 3. The van der Waals surface area contributed by atoms with Gasteiger partial charge in [0.15, 0.2) is 11.5 Å². The highest BCUT2D eigenvalue weighted by Gasteiger charge is 2.09. The zero-order valence-electron chi connectivity index (χ0n) is 6.41. The van der Waals surface area contributed by atoms with Crippen LogP contribution >= 0.6 is 0 Å². The van der Waals surface area contributed by atoms with Crippen LogP contribution in [0, 0.1) is 0 Å². The molecule has 2 N–H and O–H groups in total. The zero-order chi connectivity index (χ0) is 8.27.